The number of halogens is 1. The van der Waals surface area contributed by atoms with Crippen LogP contribution in [0, 0.1) is 11.3 Å². The third-order valence-corrected chi connectivity index (χ3v) is 3.46. The third-order valence-electron chi connectivity index (χ3n) is 3.11. The van der Waals surface area contributed by atoms with Crippen LogP contribution in [0.2, 0.25) is 5.02 Å². The Hall–Kier alpha value is -1.86. The van der Waals surface area contributed by atoms with Gasteiger partial charge in [0.05, 0.1) is 24.3 Å². The highest BCUT2D eigenvalue weighted by Crippen LogP contribution is 2.19. The molecular weight excluding hydrogens is 272 g/mol. The van der Waals surface area contributed by atoms with Crippen molar-refractivity contribution < 1.29 is 5.11 Å². The van der Waals surface area contributed by atoms with E-state index in [1.807, 2.05) is 36.4 Å². The maximum Gasteiger partial charge on any atom is 0.0992 e. The van der Waals surface area contributed by atoms with E-state index in [0.29, 0.717) is 17.1 Å². The van der Waals surface area contributed by atoms with E-state index in [2.05, 4.69) is 11.4 Å². The van der Waals surface area contributed by atoms with E-state index in [1.165, 1.54) is 0 Å². The van der Waals surface area contributed by atoms with Crippen LogP contribution in [-0.4, -0.2) is 11.7 Å². The quantitative estimate of drug-likeness (QED) is 0.888. The Morgan fingerprint density at radius 1 is 1.20 bits per heavy atom. The van der Waals surface area contributed by atoms with Gasteiger partial charge in [0.1, 0.15) is 0 Å². The maximum atomic E-state index is 9.47. The Kier molecular flexibility index (Phi) is 5.14. The first-order valence-corrected chi connectivity index (χ1v) is 6.70. The molecule has 0 amide bonds. The summed E-state index contributed by atoms with van der Waals surface area (Å²) in [5.41, 5.74) is 2.47. The van der Waals surface area contributed by atoms with E-state index in [4.69, 9.17) is 16.9 Å². The van der Waals surface area contributed by atoms with Crippen LogP contribution in [0.5, 0.6) is 0 Å². The second-order valence-corrected chi connectivity index (χ2v) is 4.85. The van der Waals surface area contributed by atoms with Crippen LogP contribution in [0.3, 0.4) is 0 Å². The van der Waals surface area contributed by atoms with Gasteiger partial charge in [-0.25, -0.2) is 0 Å². The van der Waals surface area contributed by atoms with Gasteiger partial charge in [-0.2, -0.15) is 5.26 Å². The first kappa shape index (κ1) is 14.5. The lowest BCUT2D eigenvalue weighted by molar-refractivity contribution is 0.243. The summed E-state index contributed by atoms with van der Waals surface area (Å²) in [5, 5.41) is 22.1. The Morgan fingerprint density at radius 3 is 2.55 bits per heavy atom. The topological polar surface area (TPSA) is 56.0 Å². The number of nitrogens with one attached hydrogen (secondary N) is 1. The third kappa shape index (κ3) is 3.58. The minimum absolute atomic E-state index is 0.0118. The predicted molar refractivity (Wildman–Crippen MR) is 79.3 cm³/mol. The molecule has 2 N–H and O–H groups in total. The van der Waals surface area contributed by atoms with Crippen molar-refractivity contribution >= 4 is 11.6 Å². The standard InChI is InChI=1S/C16H15ClN2O/c17-15-8-12(9-18)6-7-14(15)10-19-16(11-20)13-4-2-1-3-5-13/h1-8,16,19-20H,10-11H2. The minimum atomic E-state index is -0.136. The second-order valence-electron chi connectivity index (χ2n) is 4.44. The van der Waals surface area contributed by atoms with Gasteiger partial charge in [0.25, 0.3) is 0 Å². The Balaban J connectivity index is 2.06. The molecule has 3 nitrogen and oxygen atoms in total. The highest BCUT2D eigenvalue weighted by molar-refractivity contribution is 6.31. The molecule has 1 atom stereocenters. The molecule has 0 aliphatic carbocycles. The van der Waals surface area contributed by atoms with Crippen molar-refractivity contribution in [3.63, 3.8) is 0 Å². The molecule has 0 aliphatic heterocycles. The molecule has 0 aromatic heterocycles. The molecule has 0 fully saturated rings. The Labute approximate surface area is 123 Å². The zero-order chi connectivity index (χ0) is 14.4. The summed E-state index contributed by atoms with van der Waals surface area (Å²) in [4.78, 5) is 0. The van der Waals surface area contributed by atoms with Crippen molar-refractivity contribution in [3.8, 4) is 6.07 Å². The smallest absolute Gasteiger partial charge is 0.0992 e. The molecule has 0 saturated heterocycles. The van der Waals surface area contributed by atoms with Crippen LogP contribution < -0.4 is 5.32 Å². The average Bonchev–Trinajstić information content (AvgIpc) is 2.50. The molecule has 102 valence electrons. The van der Waals surface area contributed by atoms with Crippen LogP contribution in [-0.2, 0) is 6.54 Å². The molecule has 4 heteroatoms. The highest BCUT2D eigenvalue weighted by Gasteiger charge is 2.10. The molecule has 0 saturated carbocycles. The molecule has 2 aromatic carbocycles. The van der Waals surface area contributed by atoms with E-state index in [0.717, 1.165) is 11.1 Å². The van der Waals surface area contributed by atoms with Crippen molar-refractivity contribution in [2.75, 3.05) is 6.61 Å². The monoisotopic (exact) mass is 286 g/mol. The van der Waals surface area contributed by atoms with Gasteiger partial charge in [0, 0.05) is 11.6 Å². The van der Waals surface area contributed by atoms with E-state index in [-0.39, 0.29) is 12.6 Å². The van der Waals surface area contributed by atoms with E-state index in [1.54, 1.807) is 12.1 Å². The van der Waals surface area contributed by atoms with Gasteiger partial charge >= 0.3 is 0 Å². The minimum Gasteiger partial charge on any atom is -0.394 e. The summed E-state index contributed by atoms with van der Waals surface area (Å²) in [6, 6.07) is 16.9. The van der Waals surface area contributed by atoms with Crippen LogP contribution in [0.15, 0.2) is 48.5 Å². The fourth-order valence-electron chi connectivity index (χ4n) is 1.97. The molecule has 2 aromatic rings. The number of aliphatic hydroxyl groups is 1. The van der Waals surface area contributed by atoms with E-state index in [9.17, 15) is 5.11 Å². The summed E-state index contributed by atoms with van der Waals surface area (Å²) in [5.74, 6) is 0. The zero-order valence-corrected chi connectivity index (χ0v) is 11.6. The van der Waals surface area contributed by atoms with Crippen molar-refractivity contribution in [2.45, 2.75) is 12.6 Å². The summed E-state index contributed by atoms with van der Waals surface area (Å²) >= 11 is 6.13. The van der Waals surface area contributed by atoms with Crippen LogP contribution in [0.1, 0.15) is 22.7 Å². The zero-order valence-electron chi connectivity index (χ0n) is 10.9. The Morgan fingerprint density at radius 2 is 1.95 bits per heavy atom. The molecule has 0 heterocycles. The van der Waals surface area contributed by atoms with Crippen LogP contribution in [0.4, 0.5) is 0 Å². The molecule has 0 radical (unpaired) electrons. The number of aliphatic hydroxyl groups excluding tert-OH is 1. The first-order valence-electron chi connectivity index (χ1n) is 6.32. The largest absolute Gasteiger partial charge is 0.394 e. The van der Waals surface area contributed by atoms with Crippen LogP contribution >= 0.6 is 11.6 Å². The lowest BCUT2D eigenvalue weighted by atomic mass is 10.1. The number of rotatable bonds is 5. The predicted octanol–water partition coefficient (Wildman–Crippen LogP) is 3.03. The van der Waals surface area contributed by atoms with Gasteiger partial charge < -0.3 is 10.4 Å². The lowest BCUT2D eigenvalue weighted by Gasteiger charge is -2.17. The van der Waals surface area contributed by atoms with Crippen molar-refractivity contribution in [1.82, 2.24) is 5.32 Å². The van der Waals surface area contributed by atoms with Gasteiger partial charge in [-0.1, -0.05) is 48.0 Å². The average molecular weight is 287 g/mol. The van der Waals surface area contributed by atoms with Gasteiger partial charge in [-0.05, 0) is 23.3 Å². The first-order chi connectivity index (χ1) is 9.74. The maximum absolute atomic E-state index is 9.47. The fraction of sp³-hybridized carbons (Fsp3) is 0.188. The fourth-order valence-corrected chi connectivity index (χ4v) is 2.21. The summed E-state index contributed by atoms with van der Waals surface area (Å²) in [6.45, 7) is 0.544. The van der Waals surface area contributed by atoms with Gasteiger partial charge in [-0.3, -0.25) is 0 Å². The van der Waals surface area contributed by atoms with Crippen molar-refractivity contribution in [3.05, 3.63) is 70.2 Å². The van der Waals surface area contributed by atoms with Gasteiger partial charge in [-0.15, -0.1) is 0 Å². The normalized spacial score (nSPS) is 11.8. The molecule has 2 rings (SSSR count). The molecule has 0 bridgehead atoms. The summed E-state index contributed by atoms with van der Waals surface area (Å²) in [7, 11) is 0. The summed E-state index contributed by atoms with van der Waals surface area (Å²) in [6.07, 6.45) is 0. The summed E-state index contributed by atoms with van der Waals surface area (Å²) < 4.78 is 0. The molecule has 1 unspecified atom stereocenters. The van der Waals surface area contributed by atoms with Gasteiger partial charge in [0.2, 0.25) is 0 Å². The Bertz CT molecular complexity index is 608. The van der Waals surface area contributed by atoms with E-state index < -0.39 is 0 Å². The number of hydrogen-bond acceptors (Lipinski definition) is 3. The second kappa shape index (κ2) is 7.06. The van der Waals surface area contributed by atoms with E-state index >= 15 is 0 Å². The number of benzene rings is 2. The lowest BCUT2D eigenvalue weighted by Crippen LogP contribution is -2.24. The highest BCUT2D eigenvalue weighted by atomic mass is 35.5. The number of hydrogen-bond donors (Lipinski definition) is 2. The number of nitriles is 1. The number of nitrogens with zero attached hydrogens (tertiary/aromatic N) is 1. The van der Waals surface area contributed by atoms with Gasteiger partial charge in [0.15, 0.2) is 0 Å². The van der Waals surface area contributed by atoms with Crippen LogP contribution in [0.25, 0.3) is 0 Å². The SMILES string of the molecule is N#Cc1ccc(CNC(CO)c2ccccc2)c(Cl)c1. The molecular formula is C16H15ClN2O. The molecule has 20 heavy (non-hydrogen) atoms. The molecule has 0 aliphatic rings. The van der Waals surface area contributed by atoms with Crippen molar-refractivity contribution in [2.24, 2.45) is 0 Å². The van der Waals surface area contributed by atoms with Crippen molar-refractivity contribution in [1.29, 1.82) is 5.26 Å². The molecule has 0 spiro atoms.